The van der Waals surface area contributed by atoms with Crippen molar-refractivity contribution in [1.29, 1.82) is 0 Å². The fourth-order valence-corrected chi connectivity index (χ4v) is 8.36. The summed E-state index contributed by atoms with van der Waals surface area (Å²) in [5.74, 6) is -0.460. The Kier molecular flexibility index (Phi) is 23.2. The number of alkyl halides is 8. The van der Waals surface area contributed by atoms with E-state index in [4.69, 9.17) is 44.3 Å². The molecule has 83 heavy (non-hydrogen) atoms. The third kappa shape index (κ3) is 18.9. The number of amides is 3. The second-order valence-corrected chi connectivity index (χ2v) is 19.8. The predicted molar refractivity (Wildman–Crippen MR) is 318 cm³/mol. The molecule has 0 unspecified atom stereocenters. The monoisotopic (exact) mass is 1200 g/mol. The maximum absolute atomic E-state index is 13.6. The maximum Gasteiger partial charge on any atom is 0.416 e. The molecule has 0 heterocycles. The van der Waals surface area contributed by atoms with Crippen molar-refractivity contribution in [3.05, 3.63) is 228 Å². The molecule has 0 radical (unpaired) electrons. The van der Waals surface area contributed by atoms with Crippen molar-refractivity contribution in [2.45, 2.75) is 65.3 Å². The molecule has 0 atom stereocenters. The number of carbonyl (C=O) groups excluding carboxylic acids is 4. The van der Waals surface area contributed by atoms with Crippen LogP contribution in [0.2, 0.25) is 0 Å². The third-order valence-electron chi connectivity index (χ3n) is 12.1. The van der Waals surface area contributed by atoms with Crippen LogP contribution in [0.1, 0.15) is 70.7 Å². The van der Waals surface area contributed by atoms with Crippen LogP contribution in [0.3, 0.4) is 0 Å². The molecular weight excluding hydrogens is 1140 g/mol. The van der Waals surface area contributed by atoms with E-state index in [-0.39, 0.29) is 41.2 Å². The Morgan fingerprint density at radius 2 is 0.892 bits per heavy atom. The molecule has 0 spiro atoms. The fraction of sp³-hybridized carbons (Fsp3) is 0.188. The second-order valence-electron chi connectivity index (χ2n) is 18.9. The lowest BCUT2D eigenvalue weighted by Gasteiger charge is -2.29. The summed E-state index contributed by atoms with van der Waals surface area (Å²) in [6, 6.07) is 52.4. The lowest BCUT2D eigenvalue weighted by Crippen LogP contribution is -2.38. The second kappa shape index (κ2) is 30.1. The smallest absolute Gasteiger partial charge is 0.416 e. The number of hydrogen-bond acceptors (Lipinski definition) is 7. The molecule has 0 aliphatic rings. The van der Waals surface area contributed by atoms with Crippen LogP contribution in [0, 0.1) is 0 Å². The number of ether oxygens (including phenoxy) is 2. The van der Waals surface area contributed by atoms with Gasteiger partial charge in [0.25, 0.3) is 11.8 Å². The fourth-order valence-electron chi connectivity index (χ4n) is 8.23. The molecule has 19 heteroatoms. The van der Waals surface area contributed by atoms with E-state index in [1.165, 1.54) is 29.2 Å². The summed E-state index contributed by atoms with van der Waals surface area (Å²) in [5.41, 5.74) is 5.06. The number of carbonyl (C=O) groups is 4. The minimum absolute atomic E-state index is 0.0957. The topological polar surface area (TPSA) is 126 Å². The molecule has 10 nitrogen and oxygen atoms in total. The molecule has 0 saturated carbocycles. The van der Waals surface area contributed by atoms with E-state index in [0.29, 0.717) is 75.3 Å². The van der Waals surface area contributed by atoms with Gasteiger partial charge in [0.2, 0.25) is 11.1 Å². The maximum atomic E-state index is 13.6. The number of hydrogen-bond donors (Lipinski definition) is 3. The van der Waals surface area contributed by atoms with Gasteiger partial charge in [-0.25, -0.2) is 0 Å². The zero-order chi connectivity index (χ0) is 60.3. The molecule has 0 fully saturated rings. The first kappa shape index (κ1) is 63.9. The van der Waals surface area contributed by atoms with Crippen molar-refractivity contribution in [3.63, 3.8) is 0 Å². The largest absolute Gasteiger partial charge is 0.489 e. The standard InChI is InChI=1S/C32H28ClF3N2O3.C30H27F3N2O2.C2H2Cl2O/c1-21(2)38(30(39)19-33)29-18-25(41-20-22-8-4-3-5-9-22)16-17-28(29)37-31(40)27-11-7-6-10-26(27)23-12-14-24(15-13-23)32(34,35)36;1-20(2)34-28-18-24(37-19-21-8-4-3-5-9-21)16-17-27(28)35-29(36)26-11-7-6-10-25(26)22-12-14-23(15-13-22)30(31,32)33;3-1-2(4)5/h3-18,21H,19-20H2,1-2H3,(H,37,40);3-18,20,34H,19H2,1-2H3,(H,35,36);1H2. The minimum Gasteiger partial charge on any atom is -0.489 e. The van der Waals surface area contributed by atoms with Gasteiger partial charge >= 0.3 is 12.4 Å². The highest BCUT2D eigenvalue weighted by molar-refractivity contribution is 6.67. The van der Waals surface area contributed by atoms with E-state index in [2.05, 4.69) is 16.0 Å². The van der Waals surface area contributed by atoms with Gasteiger partial charge in [0, 0.05) is 35.3 Å². The van der Waals surface area contributed by atoms with Crippen LogP contribution in [0.25, 0.3) is 22.3 Å². The average Bonchev–Trinajstić information content (AvgIpc) is 3.62. The summed E-state index contributed by atoms with van der Waals surface area (Å²) < 4.78 is 90.1. The Morgan fingerprint density at radius 1 is 0.494 bits per heavy atom. The van der Waals surface area contributed by atoms with Crippen molar-refractivity contribution < 1.29 is 55.0 Å². The van der Waals surface area contributed by atoms with Gasteiger partial charge in [-0.2, -0.15) is 26.3 Å². The lowest BCUT2D eigenvalue weighted by atomic mass is 9.98. The molecule has 0 aromatic heterocycles. The van der Waals surface area contributed by atoms with Gasteiger partial charge in [0.15, 0.2) is 0 Å². The van der Waals surface area contributed by atoms with E-state index in [0.717, 1.165) is 35.4 Å². The summed E-state index contributed by atoms with van der Waals surface area (Å²) in [6.07, 6.45) is -8.89. The van der Waals surface area contributed by atoms with Gasteiger partial charge in [-0.05, 0) is 133 Å². The summed E-state index contributed by atoms with van der Waals surface area (Å²) >= 11 is 15.5. The van der Waals surface area contributed by atoms with Gasteiger partial charge in [-0.3, -0.25) is 19.2 Å². The number of rotatable bonds is 18. The summed E-state index contributed by atoms with van der Waals surface area (Å²) in [4.78, 5) is 50.7. The van der Waals surface area contributed by atoms with Crippen LogP contribution in [-0.2, 0) is 35.2 Å². The third-order valence-corrected chi connectivity index (χ3v) is 12.8. The van der Waals surface area contributed by atoms with Gasteiger partial charge in [0.05, 0.1) is 39.8 Å². The van der Waals surface area contributed by atoms with Crippen LogP contribution in [0.15, 0.2) is 194 Å². The van der Waals surface area contributed by atoms with E-state index in [1.807, 2.05) is 94.4 Å². The zero-order valence-corrected chi connectivity index (χ0v) is 47.5. The Balaban J connectivity index is 0.000000247. The van der Waals surface area contributed by atoms with Crippen molar-refractivity contribution in [1.82, 2.24) is 0 Å². The lowest BCUT2D eigenvalue weighted by molar-refractivity contribution is -0.138. The van der Waals surface area contributed by atoms with E-state index < -0.39 is 34.6 Å². The van der Waals surface area contributed by atoms with Crippen LogP contribution in [-0.4, -0.2) is 46.8 Å². The van der Waals surface area contributed by atoms with Crippen molar-refractivity contribution in [2.75, 3.05) is 32.6 Å². The molecule has 0 saturated heterocycles. The normalized spacial score (nSPS) is 11.1. The van der Waals surface area contributed by atoms with E-state index in [1.54, 1.807) is 78.9 Å². The zero-order valence-electron chi connectivity index (χ0n) is 45.3. The number of nitrogens with one attached hydrogen (secondary N) is 3. The number of benzene rings is 8. The van der Waals surface area contributed by atoms with Crippen LogP contribution in [0.4, 0.5) is 49.1 Å². The van der Waals surface area contributed by atoms with Crippen LogP contribution < -0.4 is 30.3 Å². The molecule has 8 aromatic carbocycles. The Labute approximate surface area is 492 Å². The van der Waals surface area contributed by atoms with Crippen molar-refractivity contribution in [2.24, 2.45) is 0 Å². The molecule has 432 valence electrons. The number of anilines is 4. The Bertz CT molecular complexity index is 3440. The van der Waals surface area contributed by atoms with Gasteiger partial charge < -0.3 is 30.3 Å². The molecule has 8 rings (SSSR count). The first-order valence-electron chi connectivity index (χ1n) is 25.7. The quantitative estimate of drug-likeness (QED) is 0.0444. The van der Waals surface area contributed by atoms with Gasteiger partial charge in [0.1, 0.15) is 30.6 Å². The molecule has 8 aromatic rings. The molecular formula is C64H57Cl3F6N4O6. The van der Waals surface area contributed by atoms with Gasteiger partial charge in [-0.15, -0.1) is 23.2 Å². The van der Waals surface area contributed by atoms with Crippen LogP contribution >= 0.6 is 34.8 Å². The SMILES string of the molecule is CC(C)N(C(=O)CCl)c1cc(OCc2ccccc2)ccc1NC(=O)c1ccccc1-c1ccc(C(F)(F)F)cc1.CC(C)Nc1cc(OCc2ccccc2)ccc1NC(=O)c1ccccc1-c1ccc(C(F)(F)F)cc1.O=C(Cl)CCl. The summed E-state index contributed by atoms with van der Waals surface area (Å²) in [6.45, 7) is 8.35. The molecule has 3 N–H and O–H groups in total. The average molecular weight is 1200 g/mol. The highest BCUT2D eigenvalue weighted by Gasteiger charge is 2.31. The van der Waals surface area contributed by atoms with Gasteiger partial charge in [-0.1, -0.05) is 121 Å². The number of halogens is 9. The van der Waals surface area contributed by atoms with Crippen molar-refractivity contribution >= 4 is 80.5 Å². The Morgan fingerprint density at radius 3 is 1.29 bits per heavy atom. The molecule has 0 aliphatic carbocycles. The molecule has 0 bridgehead atoms. The predicted octanol–water partition coefficient (Wildman–Crippen LogP) is 17.2. The highest BCUT2D eigenvalue weighted by atomic mass is 35.5. The Hall–Kier alpha value is -8.31. The first-order valence-corrected chi connectivity index (χ1v) is 27.2. The molecule has 0 aliphatic heterocycles. The first-order chi connectivity index (χ1) is 39.6. The number of nitrogens with zero attached hydrogens (tertiary/aromatic N) is 1. The van der Waals surface area contributed by atoms with E-state index in [9.17, 15) is 45.5 Å². The highest BCUT2D eigenvalue weighted by Crippen LogP contribution is 2.37. The van der Waals surface area contributed by atoms with Crippen molar-refractivity contribution in [3.8, 4) is 33.8 Å². The molecule has 3 amide bonds. The summed E-state index contributed by atoms with van der Waals surface area (Å²) in [7, 11) is 0. The summed E-state index contributed by atoms with van der Waals surface area (Å²) in [5, 5.41) is 8.64. The minimum atomic E-state index is -4.47. The van der Waals surface area contributed by atoms with Crippen LogP contribution in [0.5, 0.6) is 11.5 Å². The van der Waals surface area contributed by atoms with E-state index >= 15 is 0 Å².